The Labute approximate surface area is 178 Å². The molecule has 1 heterocycles. The highest BCUT2D eigenvalue weighted by atomic mass is 32.2. The third kappa shape index (κ3) is 7.21. The average molecular weight is 436 g/mol. The van der Waals surface area contributed by atoms with Gasteiger partial charge in [-0.05, 0) is 48.0 Å². The van der Waals surface area contributed by atoms with Gasteiger partial charge >= 0.3 is 0 Å². The summed E-state index contributed by atoms with van der Waals surface area (Å²) in [4.78, 5) is 12.3. The number of carbonyl (C=O) groups is 1. The fraction of sp³-hybridized carbons (Fsp3) is 0.952. The Morgan fingerprint density at radius 3 is 2.14 bits per heavy atom. The Balaban J connectivity index is 2.75. The summed E-state index contributed by atoms with van der Waals surface area (Å²) >= 11 is 1.37. The first-order valence-corrected chi connectivity index (χ1v) is 12.7. The molecule has 0 amide bonds. The van der Waals surface area contributed by atoms with Gasteiger partial charge in [0.25, 0.3) is 8.53 Å². The van der Waals surface area contributed by atoms with Crippen LogP contribution >= 0.6 is 20.3 Å². The van der Waals surface area contributed by atoms with Gasteiger partial charge in [-0.3, -0.25) is 4.79 Å². The molecule has 0 radical (unpaired) electrons. The van der Waals surface area contributed by atoms with Gasteiger partial charge in [0, 0.05) is 29.2 Å². The third-order valence-electron chi connectivity index (χ3n) is 5.56. The molecule has 1 aliphatic rings. The highest BCUT2D eigenvalue weighted by Crippen LogP contribution is 2.50. The van der Waals surface area contributed by atoms with Crippen molar-refractivity contribution in [2.24, 2.45) is 11.3 Å². The summed E-state index contributed by atoms with van der Waals surface area (Å²) in [5, 5.41) is 0.230. The summed E-state index contributed by atoms with van der Waals surface area (Å²) in [7, 11) is -1.22. The maximum atomic E-state index is 12.3. The van der Waals surface area contributed by atoms with E-state index in [9.17, 15) is 4.79 Å². The molecule has 166 valence electrons. The van der Waals surface area contributed by atoms with Crippen LogP contribution in [0.3, 0.4) is 0 Å². The van der Waals surface area contributed by atoms with E-state index in [0.717, 1.165) is 6.42 Å². The molecule has 0 aromatic rings. The predicted octanol–water partition coefficient (Wildman–Crippen LogP) is 5.87. The van der Waals surface area contributed by atoms with Gasteiger partial charge in [-0.2, -0.15) is 0 Å². The van der Waals surface area contributed by atoms with Crippen LogP contribution in [0, 0.1) is 11.3 Å². The number of ether oxygens (including phenoxy) is 1. The highest BCUT2D eigenvalue weighted by molar-refractivity contribution is 8.13. The molecule has 1 aliphatic heterocycles. The van der Waals surface area contributed by atoms with Gasteiger partial charge in [0.15, 0.2) is 5.12 Å². The van der Waals surface area contributed by atoms with E-state index in [4.69, 9.17) is 13.8 Å². The zero-order chi connectivity index (χ0) is 21.6. The second-order valence-corrected chi connectivity index (χ2v) is 11.5. The second-order valence-electron chi connectivity index (χ2n) is 8.99. The number of carbonyl (C=O) groups excluding carboxylic acids is 1. The molecular weight excluding hydrogens is 393 g/mol. The van der Waals surface area contributed by atoms with Gasteiger partial charge in [0.1, 0.15) is 0 Å². The Morgan fingerprint density at radius 1 is 1.14 bits per heavy atom. The minimum Gasteiger partial charge on any atom is -0.372 e. The zero-order valence-corrected chi connectivity index (χ0v) is 21.2. The molecule has 5 unspecified atom stereocenters. The maximum Gasteiger partial charge on any atom is 0.259 e. The van der Waals surface area contributed by atoms with E-state index in [2.05, 4.69) is 60.1 Å². The average Bonchev–Trinajstić information content (AvgIpc) is 2.83. The number of hydrogen-bond acceptors (Lipinski definition) is 6. The van der Waals surface area contributed by atoms with E-state index in [1.165, 1.54) is 11.8 Å². The largest absolute Gasteiger partial charge is 0.372 e. The van der Waals surface area contributed by atoms with Crippen molar-refractivity contribution in [1.82, 2.24) is 4.67 Å². The van der Waals surface area contributed by atoms with Crippen molar-refractivity contribution < 1.29 is 18.6 Å². The Kier molecular flexibility index (Phi) is 10.9. The lowest BCUT2D eigenvalue weighted by atomic mass is 9.92. The van der Waals surface area contributed by atoms with E-state index >= 15 is 0 Å². The van der Waals surface area contributed by atoms with Crippen LogP contribution in [-0.2, 0) is 18.6 Å². The van der Waals surface area contributed by atoms with Crippen LogP contribution < -0.4 is 0 Å². The SMILES string of the molecule is CCC(C)(C)C(=O)SCCOP(OC1C(C)OC(C)C1C)N(C(C)C)C(C)C. The molecular formula is C21H42NO4PS. The minimum atomic E-state index is -1.22. The zero-order valence-electron chi connectivity index (χ0n) is 19.5. The smallest absolute Gasteiger partial charge is 0.259 e. The standard InChI is InChI=1S/C21H42NO4PS/c1-11-21(9,10)20(23)28-13-12-24-27(22(14(2)3)15(4)5)26-19-16(6)17(7)25-18(19)8/h14-19H,11-13H2,1-10H3. The summed E-state index contributed by atoms with van der Waals surface area (Å²) in [6, 6.07) is 0.620. The highest BCUT2D eigenvalue weighted by Gasteiger charge is 2.41. The van der Waals surface area contributed by atoms with Gasteiger partial charge in [0.2, 0.25) is 0 Å². The minimum absolute atomic E-state index is 0.0226. The molecule has 7 heteroatoms. The molecule has 0 spiro atoms. The fourth-order valence-corrected chi connectivity index (χ4v) is 6.12. The maximum absolute atomic E-state index is 12.3. The molecule has 0 bridgehead atoms. The topological polar surface area (TPSA) is 48.0 Å². The van der Waals surface area contributed by atoms with Crippen LogP contribution in [0.2, 0.25) is 0 Å². The Hall–Kier alpha value is 0.290. The van der Waals surface area contributed by atoms with Crippen LogP contribution in [0.15, 0.2) is 0 Å². The summed E-state index contributed by atoms with van der Waals surface area (Å²) in [6.45, 7) is 21.6. The molecule has 0 aliphatic carbocycles. The molecule has 1 rings (SSSR count). The molecule has 5 nitrogen and oxygen atoms in total. The van der Waals surface area contributed by atoms with Crippen molar-refractivity contribution in [3.63, 3.8) is 0 Å². The molecule has 1 saturated heterocycles. The molecule has 0 N–H and O–H groups in total. The second kappa shape index (κ2) is 11.6. The van der Waals surface area contributed by atoms with Crippen LogP contribution in [0.4, 0.5) is 0 Å². The summed E-state index contributed by atoms with van der Waals surface area (Å²) in [5.74, 6) is 0.975. The van der Waals surface area contributed by atoms with Crippen molar-refractivity contribution in [2.45, 2.75) is 106 Å². The van der Waals surface area contributed by atoms with Crippen molar-refractivity contribution in [3.8, 4) is 0 Å². The van der Waals surface area contributed by atoms with E-state index < -0.39 is 8.53 Å². The molecule has 0 aromatic heterocycles. The lowest BCUT2D eigenvalue weighted by Gasteiger charge is -2.38. The van der Waals surface area contributed by atoms with Crippen LogP contribution in [0.1, 0.15) is 75.7 Å². The predicted molar refractivity (Wildman–Crippen MR) is 121 cm³/mol. The van der Waals surface area contributed by atoms with Crippen LogP contribution in [0.25, 0.3) is 0 Å². The summed E-state index contributed by atoms with van der Waals surface area (Å²) in [5.41, 5.74) is -0.282. The molecule has 0 aromatic carbocycles. The van der Waals surface area contributed by atoms with Crippen LogP contribution in [-0.4, -0.2) is 52.5 Å². The first kappa shape index (κ1) is 26.3. The number of hydrogen-bond donors (Lipinski definition) is 0. The Bertz CT molecular complexity index is 481. The van der Waals surface area contributed by atoms with E-state index in [0.29, 0.717) is 30.4 Å². The first-order chi connectivity index (χ1) is 12.9. The first-order valence-electron chi connectivity index (χ1n) is 10.6. The van der Waals surface area contributed by atoms with E-state index in [1.807, 2.05) is 13.8 Å². The molecule has 1 fully saturated rings. The normalized spacial score (nSPS) is 27.2. The number of nitrogens with zero attached hydrogens (tertiary/aromatic N) is 1. The van der Waals surface area contributed by atoms with Crippen molar-refractivity contribution in [1.29, 1.82) is 0 Å². The fourth-order valence-electron chi connectivity index (χ4n) is 3.23. The lowest BCUT2D eigenvalue weighted by molar-refractivity contribution is -0.118. The molecule has 5 atom stereocenters. The van der Waals surface area contributed by atoms with Gasteiger partial charge in [-0.15, -0.1) is 0 Å². The van der Waals surface area contributed by atoms with E-state index in [-0.39, 0.29) is 28.8 Å². The van der Waals surface area contributed by atoms with Crippen molar-refractivity contribution in [3.05, 3.63) is 0 Å². The van der Waals surface area contributed by atoms with Crippen molar-refractivity contribution in [2.75, 3.05) is 12.4 Å². The number of thioether (sulfide) groups is 1. The number of rotatable bonds is 11. The molecule has 0 saturated carbocycles. The lowest BCUT2D eigenvalue weighted by Crippen LogP contribution is -2.36. The third-order valence-corrected chi connectivity index (χ3v) is 8.88. The van der Waals surface area contributed by atoms with Gasteiger partial charge in [0.05, 0.1) is 24.9 Å². The van der Waals surface area contributed by atoms with E-state index in [1.54, 1.807) is 0 Å². The summed E-state index contributed by atoms with van der Waals surface area (Å²) in [6.07, 6.45) is 1.11. The quantitative estimate of drug-likeness (QED) is 0.299. The van der Waals surface area contributed by atoms with Gasteiger partial charge in [-0.25, -0.2) is 4.67 Å². The molecule has 28 heavy (non-hydrogen) atoms. The van der Waals surface area contributed by atoms with Crippen molar-refractivity contribution >= 4 is 25.4 Å². The Morgan fingerprint density at radius 2 is 1.71 bits per heavy atom. The van der Waals surface area contributed by atoms with Gasteiger partial charge in [-0.1, -0.05) is 39.5 Å². The van der Waals surface area contributed by atoms with Gasteiger partial charge < -0.3 is 13.8 Å². The van der Waals surface area contributed by atoms with Crippen LogP contribution in [0.5, 0.6) is 0 Å². The monoisotopic (exact) mass is 435 g/mol. The summed E-state index contributed by atoms with van der Waals surface area (Å²) < 4.78 is 21.1.